The first-order valence-corrected chi connectivity index (χ1v) is 8.93. The number of hydrogen-bond acceptors (Lipinski definition) is 7. The highest BCUT2D eigenvalue weighted by molar-refractivity contribution is 6.05. The van der Waals surface area contributed by atoms with Gasteiger partial charge < -0.3 is 19.1 Å². The normalized spacial score (nSPS) is 13.8. The van der Waals surface area contributed by atoms with Crippen LogP contribution in [0.5, 0.6) is 0 Å². The van der Waals surface area contributed by atoms with Gasteiger partial charge in [0.05, 0.1) is 32.5 Å². The number of nitrogens with zero attached hydrogens (tertiary/aromatic N) is 1. The van der Waals surface area contributed by atoms with E-state index >= 15 is 0 Å². The SMILES string of the molecule is COC(=O)C1=C(C(=O)OC)N(c2ccc(C(=O)OC)cc2C(C)(C)C)C=CC=C1. The third kappa shape index (κ3) is 4.56. The molecule has 0 N–H and O–H groups in total. The summed E-state index contributed by atoms with van der Waals surface area (Å²) in [5.74, 6) is -1.83. The van der Waals surface area contributed by atoms with Crippen molar-refractivity contribution in [1.29, 1.82) is 0 Å². The first-order valence-electron chi connectivity index (χ1n) is 8.93. The number of ether oxygens (including phenoxy) is 3. The Morgan fingerprint density at radius 3 is 2.03 bits per heavy atom. The lowest BCUT2D eigenvalue weighted by molar-refractivity contribution is -0.139. The molecule has 0 aliphatic carbocycles. The Balaban J connectivity index is 2.80. The van der Waals surface area contributed by atoms with E-state index in [0.717, 1.165) is 5.56 Å². The van der Waals surface area contributed by atoms with Crippen LogP contribution >= 0.6 is 0 Å². The third-order valence-corrected chi connectivity index (χ3v) is 4.37. The van der Waals surface area contributed by atoms with Gasteiger partial charge in [0.25, 0.3) is 0 Å². The van der Waals surface area contributed by atoms with Crippen LogP contribution in [0.3, 0.4) is 0 Å². The van der Waals surface area contributed by atoms with Gasteiger partial charge in [0, 0.05) is 11.9 Å². The van der Waals surface area contributed by atoms with Crippen LogP contribution in [0, 0.1) is 0 Å². The average molecular weight is 399 g/mol. The fourth-order valence-electron chi connectivity index (χ4n) is 2.94. The highest BCUT2D eigenvalue weighted by Crippen LogP contribution is 2.36. The monoisotopic (exact) mass is 399 g/mol. The molecule has 1 heterocycles. The largest absolute Gasteiger partial charge is 0.465 e. The summed E-state index contributed by atoms with van der Waals surface area (Å²) in [6.45, 7) is 5.94. The lowest BCUT2D eigenvalue weighted by atomic mass is 9.84. The van der Waals surface area contributed by atoms with E-state index in [2.05, 4.69) is 0 Å². The van der Waals surface area contributed by atoms with Crippen LogP contribution in [0.1, 0.15) is 36.7 Å². The summed E-state index contributed by atoms with van der Waals surface area (Å²) in [4.78, 5) is 38.6. The van der Waals surface area contributed by atoms with Crippen LogP contribution in [-0.4, -0.2) is 39.2 Å². The minimum atomic E-state index is -0.696. The molecule has 0 spiro atoms. The molecule has 0 aromatic heterocycles. The Labute approximate surface area is 170 Å². The number of methoxy groups -OCH3 is 3. The molecule has 0 bridgehead atoms. The molecule has 2 rings (SSSR count). The zero-order valence-electron chi connectivity index (χ0n) is 17.4. The average Bonchev–Trinajstić information content (AvgIpc) is 2.93. The van der Waals surface area contributed by atoms with Crippen molar-refractivity contribution in [3.8, 4) is 0 Å². The van der Waals surface area contributed by atoms with Crippen molar-refractivity contribution >= 4 is 23.6 Å². The van der Waals surface area contributed by atoms with Gasteiger partial charge in [-0.15, -0.1) is 0 Å². The lowest BCUT2D eigenvalue weighted by Gasteiger charge is -2.30. The topological polar surface area (TPSA) is 82.1 Å². The Kier molecular flexibility index (Phi) is 6.64. The molecule has 1 aromatic carbocycles. The smallest absolute Gasteiger partial charge is 0.355 e. The number of anilines is 1. The zero-order chi connectivity index (χ0) is 21.8. The Hall–Kier alpha value is -3.35. The van der Waals surface area contributed by atoms with Gasteiger partial charge in [0.2, 0.25) is 0 Å². The van der Waals surface area contributed by atoms with E-state index in [1.165, 1.54) is 27.4 Å². The highest BCUT2D eigenvalue weighted by Gasteiger charge is 2.31. The van der Waals surface area contributed by atoms with Gasteiger partial charge in [0.15, 0.2) is 0 Å². The number of rotatable bonds is 4. The first-order chi connectivity index (χ1) is 13.6. The van der Waals surface area contributed by atoms with Crippen LogP contribution in [0.25, 0.3) is 0 Å². The van der Waals surface area contributed by atoms with E-state index in [4.69, 9.17) is 14.2 Å². The van der Waals surface area contributed by atoms with E-state index in [0.29, 0.717) is 11.3 Å². The second-order valence-electron chi connectivity index (χ2n) is 7.29. The molecule has 0 fully saturated rings. The summed E-state index contributed by atoms with van der Waals surface area (Å²) in [7, 11) is 3.80. The van der Waals surface area contributed by atoms with Crippen LogP contribution in [0.4, 0.5) is 5.69 Å². The van der Waals surface area contributed by atoms with Crippen molar-refractivity contribution in [2.45, 2.75) is 26.2 Å². The molecule has 0 amide bonds. The Bertz CT molecular complexity index is 918. The summed E-state index contributed by atoms with van der Waals surface area (Å²) >= 11 is 0. The van der Waals surface area contributed by atoms with Crippen molar-refractivity contribution in [2.24, 2.45) is 0 Å². The molecule has 1 aliphatic heterocycles. The van der Waals surface area contributed by atoms with Gasteiger partial charge in [-0.25, -0.2) is 14.4 Å². The molecule has 0 atom stereocenters. The number of hydrogen-bond donors (Lipinski definition) is 0. The number of allylic oxidation sites excluding steroid dienone is 2. The molecular formula is C22H25NO6. The molecule has 7 heteroatoms. The predicted molar refractivity (Wildman–Crippen MR) is 108 cm³/mol. The third-order valence-electron chi connectivity index (χ3n) is 4.37. The molecule has 0 unspecified atom stereocenters. The Morgan fingerprint density at radius 1 is 0.862 bits per heavy atom. The molecule has 7 nitrogen and oxygen atoms in total. The van der Waals surface area contributed by atoms with Crippen molar-refractivity contribution in [3.63, 3.8) is 0 Å². The van der Waals surface area contributed by atoms with Crippen LogP contribution in [-0.2, 0) is 29.2 Å². The predicted octanol–water partition coefficient (Wildman–Crippen LogP) is 3.26. The van der Waals surface area contributed by atoms with Crippen molar-refractivity contribution in [1.82, 2.24) is 0 Å². The maximum atomic E-state index is 12.6. The molecule has 29 heavy (non-hydrogen) atoms. The summed E-state index contributed by atoms with van der Waals surface area (Å²) < 4.78 is 14.6. The van der Waals surface area contributed by atoms with Gasteiger partial charge in [-0.05, 0) is 41.3 Å². The van der Waals surface area contributed by atoms with Crippen LogP contribution in [0.2, 0.25) is 0 Å². The standard InChI is InChI=1S/C22H25NO6/c1-22(2,3)16-13-14(19(24)27-4)10-11-17(16)23-12-8-7-9-15(20(25)28-5)18(23)21(26)29-6/h7-13H,1-6H3. The van der Waals surface area contributed by atoms with Gasteiger partial charge in [-0.2, -0.15) is 0 Å². The van der Waals surface area contributed by atoms with Gasteiger partial charge in [0.1, 0.15) is 5.70 Å². The van der Waals surface area contributed by atoms with E-state index < -0.39 is 17.9 Å². The molecular weight excluding hydrogens is 374 g/mol. The fraction of sp³-hybridized carbons (Fsp3) is 0.318. The molecule has 0 radical (unpaired) electrons. The summed E-state index contributed by atoms with van der Waals surface area (Å²) in [6.07, 6.45) is 6.48. The van der Waals surface area contributed by atoms with Crippen LogP contribution < -0.4 is 4.90 Å². The fourth-order valence-corrected chi connectivity index (χ4v) is 2.94. The number of carbonyl (C=O) groups is 3. The summed E-state index contributed by atoms with van der Waals surface area (Å²) in [6, 6.07) is 5.04. The zero-order valence-corrected chi connectivity index (χ0v) is 17.4. The first kappa shape index (κ1) is 21.9. The molecule has 0 saturated carbocycles. The van der Waals surface area contributed by atoms with Gasteiger partial charge in [-0.1, -0.05) is 26.8 Å². The molecule has 0 saturated heterocycles. The summed E-state index contributed by atoms with van der Waals surface area (Å²) in [5, 5.41) is 0. The van der Waals surface area contributed by atoms with Gasteiger partial charge >= 0.3 is 17.9 Å². The van der Waals surface area contributed by atoms with Crippen LogP contribution in [0.15, 0.2) is 53.9 Å². The maximum absolute atomic E-state index is 12.6. The minimum Gasteiger partial charge on any atom is -0.465 e. The van der Waals surface area contributed by atoms with E-state index in [-0.39, 0.29) is 16.7 Å². The van der Waals surface area contributed by atoms with E-state index in [1.54, 1.807) is 41.5 Å². The van der Waals surface area contributed by atoms with E-state index in [1.807, 2.05) is 20.8 Å². The Morgan fingerprint density at radius 2 is 1.48 bits per heavy atom. The van der Waals surface area contributed by atoms with Crippen molar-refractivity contribution in [2.75, 3.05) is 26.2 Å². The minimum absolute atomic E-state index is 0.0145. The summed E-state index contributed by atoms with van der Waals surface area (Å²) in [5.41, 5.74) is 1.46. The number of benzene rings is 1. The van der Waals surface area contributed by atoms with E-state index in [9.17, 15) is 14.4 Å². The maximum Gasteiger partial charge on any atom is 0.355 e. The lowest BCUT2D eigenvalue weighted by Crippen LogP contribution is -2.29. The number of carbonyl (C=O) groups excluding carboxylic acids is 3. The van der Waals surface area contributed by atoms with Crippen molar-refractivity contribution in [3.05, 3.63) is 65.0 Å². The van der Waals surface area contributed by atoms with Crippen molar-refractivity contribution < 1.29 is 28.6 Å². The highest BCUT2D eigenvalue weighted by atomic mass is 16.5. The second kappa shape index (κ2) is 8.77. The van der Waals surface area contributed by atoms with Gasteiger partial charge in [-0.3, -0.25) is 0 Å². The number of esters is 3. The second-order valence-corrected chi connectivity index (χ2v) is 7.29. The molecule has 1 aliphatic rings. The molecule has 154 valence electrons. The molecule has 1 aromatic rings. The quantitative estimate of drug-likeness (QED) is 0.568.